The molecule has 0 aromatic heterocycles. The second-order valence-electron chi connectivity index (χ2n) is 15.4. The second kappa shape index (κ2) is 15.5. The van der Waals surface area contributed by atoms with Crippen LogP contribution in [0.4, 0.5) is 0 Å². The molecule has 272 valence electrons. The largest absolute Gasteiger partial charge is 0.488 e. The first-order chi connectivity index (χ1) is 21.7. The Bertz CT molecular complexity index is 1120. The number of hydrogen-bond acceptors (Lipinski definition) is 11. The summed E-state index contributed by atoms with van der Waals surface area (Å²) in [6.07, 6.45) is -2.48. The number of fused-ring (bicyclic) bond motifs is 2. The fourth-order valence-electron chi connectivity index (χ4n) is 7.71. The van der Waals surface area contributed by atoms with Crippen LogP contribution >= 0.6 is 0 Å². The number of aliphatic hydroxyl groups excluding tert-OH is 1. The highest BCUT2D eigenvalue weighted by Crippen LogP contribution is 2.46. The molecule has 0 amide bonds. The number of allylic oxidation sites excluding steroid dienone is 1. The van der Waals surface area contributed by atoms with Gasteiger partial charge >= 0.3 is 5.97 Å². The highest BCUT2D eigenvalue weighted by molar-refractivity contribution is 5.92. The number of methoxy groups -OCH3 is 1. The molecule has 3 aliphatic heterocycles. The quantitative estimate of drug-likeness (QED) is 0.175. The molecule has 14 atom stereocenters. The van der Waals surface area contributed by atoms with Gasteiger partial charge in [0.05, 0.1) is 41.9 Å². The van der Waals surface area contributed by atoms with E-state index in [1.54, 1.807) is 34.6 Å². The van der Waals surface area contributed by atoms with Crippen LogP contribution < -0.4 is 0 Å². The fraction of sp³-hybridized carbons (Fsp3) is 0.889. The molecule has 47 heavy (non-hydrogen) atoms. The number of cyclic esters (lactones) is 1. The molecule has 11 heteroatoms. The predicted octanol–water partition coefficient (Wildman–Crippen LogP) is 5.43. The molecule has 2 saturated heterocycles. The number of rotatable bonds is 10. The lowest BCUT2D eigenvalue weighted by Crippen LogP contribution is -2.54. The van der Waals surface area contributed by atoms with Crippen molar-refractivity contribution in [2.45, 2.75) is 175 Å². The summed E-state index contributed by atoms with van der Waals surface area (Å²) in [7, 11) is 1.45. The van der Waals surface area contributed by atoms with E-state index in [-0.39, 0.29) is 30.3 Å². The van der Waals surface area contributed by atoms with Gasteiger partial charge in [-0.1, -0.05) is 20.8 Å². The first kappa shape index (κ1) is 39.8. The number of carbonyl (C=O) groups excluding carboxylic acids is 2. The molecule has 3 heterocycles. The van der Waals surface area contributed by atoms with Crippen molar-refractivity contribution in [1.82, 2.24) is 0 Å². The van der Waals surface area contributed by atoms with E-state index in [0.29, 0.717) is 31.4 Å². The van der Waals surface area contributed by atoms with Crippen molar-refractivity contribution in [2.24, 2.45) is 23.7 Å². The zero-order chi connectivity index (χ0) is 35.6. The molecule has 0 aromatic carbocycles. The third-order valence-electron chi connectivity index (χ3n) is 10.7. The van der Waals surface area contributed by atoms with E-state index in [1.165, 1.54) is 7.11 Å². The summed E-state index contributed by atoms with van der Waals surface area (Å²) in [6, 6.07) is 0. The predicted molar refractivity (Wildman–Crippen MR) is 175 cm³/mol. The lowest BCUT2D eigenvalue weighted by molar-refractivity contribution is -0.387. The number of hydrogen-bond donors (Lipinski definition) is 2. The molecule has 3 rings (SSSR count). The van der Waals surface area contributed by atoms with Gasteiger partial charge in [0.1, 0.15) is 23.6 Å². The van der Waals surface area contributed by atoms with Gasteiger partial charge in [0.2, 0.25) is 0 Å². The number of aliphatic hydroxyl groups is 2. The van der Waals surface area contributed by atoms with Crippen molar-refractivity contribution in [1.29, 1.82) is 0 Å². The summed E-state index contributed by atoms with van der Waals surface area (Å²) in [5.74, 6) is -2.40. The Morgan fingerprint density at radius 3 is 2.23 bits per heavy atom. The molecule has 2 bridgehead atoms. The summed E-state index contributed by atoms with van der Waals surface area (Å²) in [6.45, 7) is 22.0. The van der Waals surface area contributed by atoms with Crippen molar-refractivity contribution in [3.63, 3.8) is 0 Å². The number of Topliss-reactive ketones (excluding diaryl/α,β-unsaturated/α-hetero) is 1. The molecular weight excluding hydrogens is 608 g/mol. The van der Waals surface area contributed by atoms with Gasteiger partial charge in [-0.15, -0.1) is 0 Å². The van der Waals surface area contributed by atoms with Crippen LogP contribution in [0.5, 0.6) is 0 Å². The van der Waals surface area contributed by atoms with Crippen LogP contribution in [0.3, 0.4) is 0 Å². The molecule has 2 fully saturated rings. The van der Waals surface area contributed by atoms with Gasteiger partial charge in [0.25, 0.3) is 0 Å². The summed E-state index contributed by atoms with van der Waals surface area (Å²) in [5.41, 5.74) is -2.57. The molecular formula is C36H62O11. The molecule has 2 N–H and O–H groups in total. The summed E-state index contributed by atoms with van der Waals surface area (Å²) >= 11 is 0. The Kier molecular flexibility index (Phi) is 13.2. The van der Waals surface area contributed by atoms with Gasteiger partial charge in [-0.25, -0.2) is 9.78 Å². The first-order valence-electron chi connectivity index (χ1n) is 17.4. The zero-order valence-corrected chi connectivity index (χ0v) is 31.0. The van der Waals surface area contributed by atoms with Gasteiger partial charge in [0.15, 0.2) is 17.7 Å². The molecule has 0 radical (unpaired) electrons. The summed E-state index contributed by atoms with van der Waals surface area (Å²) in [4.78, 5) is 40.5. The minimum absolute atomic E-state index is 0.0301. The summed E-state index contributed by atoms with van der Waals surface area (Å²) in [5, 5.41) is 21.1. The lowest BCUT2D eigenvalue weighted by Gasteiger charge is -2.44. The minimum atomic E-state index is -1.44. The molecule has 0 spiro atoms. The first-order valence-corrected chi connectivity index (χ1v) is 17.4. The van der Waals surface area contributed by atoms with Crippen molar-refractivity contribution >= 4 is 11.8 Å². The molecule has 3 aliphatic rings. The van der Waals surface area contributed by atoms with E-state index in [0.717, 1.165) is 5.57 Å². The maximum atomic E-state index is 14.2. The van der Waals surface area contributed by atoms with Crippen LogP contribution in [0, 0.1) is 23.7 Å². The van der Waals surface area contributed by atoms with Gasteiger partial charge in [-0.05, 0) is 86.6 Å². The van der Waals surface area contributed by atoms with Crippen molar-refractivity contribution in [3.05, 3.63) is 11.3 Å². The minimum Gasteiger partial charge on any atom is -0.488 e. The number of ether oxygens (including phenoxy) is 5. The van der Waals surface area contributed by atoms with Crippen LogP contribution in [0.25, 0.3) is 0 Å². The average molecular weight is 671 g/mol. The van der Waals surface area contributed by atoms with E-state index in [4.69, 9.17) is 33.5 Å². The van der Waals surface area contributed by atoms with Crippen LogP contribution in [-0.4, -0.2) is 88.8 Å². The summed E-state index contributed by atoms with van der Waals surface area (Å²) < 4.78 is 31.5. The molecule has 0 aliphatic carbocycles. The fourth-order valence-corrected chi connectivity index (χ4v) is 7.71. The van der Waals surface area contributed by atoms with E-state index in [1.807, 2.05) is 48.5 Å². The Balaban J connectivity index is 2.12. The molecule has 0 saturated carbocycles. The van der Waals surface area contributed by atoms with Crippen LogP contribution in [0.1, 0.15) is 115 Å². The number of esters is 1. The van der Waals surface area contributed by atoms with E-state index in [9.17, 15) is 19.8 Å². The number of carbonyl (C=O) groups is 2. The topological polar surface area (TPSA) is 139 Å². The molecule has 0 aromatic rings. The van der Waals surface area contributed by atoms with Crippen molar-refractivity contribution in [2.75, 3.05) is 7.11 Å². The SMILES string of the molecule is CCC1OC(=O)C(C)C(OC2C[C@](C)(O)CC(C)O2)C(C)C(OOC(C)CC(C)[C@@H](C)O)C2(C)CC(C)=C(O2)[C@@H](C)C(=O)C1(C)OC. The maximum Gasteiger partial charge on any atom is 0.311 e. The monoisotopic (exact) mass is 670 g/mol. The maximum absolute atomic E-state index is 14.2. The van der Waals surface area contributed by atoms with Gasteiger partial charge < -0.3 is 33.9 Å². The molecule has 11 unspecified atom stereocenters. The van der Waals surface area contributed by atoms with Crippen LogP contribution in [0.15, 0.2) is 11.3 Å². The third-order valence-corrected chi connectivity index (χ3v) is 10.7. The van der Waals surface area contributed by atoms with Crippen molar-refractivity contribution in [3.8, 4) is 0 Å². The van der Waals surface area contributed by atoms with Gasteiger partial charge in [-0.3, -0.25) is 9.59 Å². The van der Waals surface area contributed by atoms with E-state index < -0.39 is 71.2 Å². The normalized spacial score (nSPS) is 42.4. The van der Waals surface area contributed by atoms with E-state index in [2.05, 4.69) is 0 Å². The Morgan fingerprint density at radius 1 is 1.04 bits per heavy atom. The standard InChI is InChI=1S/C36H62O11/c1-14-27-36(12,41-13)31(38)23(6)29-20(3)16-35(11,45-29)32(47-46-21(4)15-19(2)26(9)37)24(7)30(25(8)33(39)43-27)44-28-18-34(10,40)17-22(5)42-28/h19,21-28,30,32,37,40H,14-18H2,1-13H3/t19?,21?,22?,23-,24?,25?,26-,27?,28?,30?,32?,34-,35?,36?/m1/s1. The zero-order valence-electron chi connectivity index (χ0n) is 31.0. The Hall–Kier alpha value is -1.60. The highest BCUT2D eigenvalue weighted by atomic mass is 17.2. The third kappa shape index (κ3) is 8.96. The lowest BCUT2D eigenvalue weighted by atomic mass is 9.79. The van der Waals surface area contributed by atoms with Gasteiger partial charge in [-0.2, -0.15) is 0 Å². The van der Waals surface area contributed by atoms with Crippen molar-refractivity contribution < 1.29 is 53.3 Å². The van der Waals surface area contributed by atoms with Gasteiger partial charge in [0, 0.05) is 32.3 Å². The highest BCUT2D eigenvalue weighted by Gasteiger charge is 2.55. The second-order valence-corrected chi connectivity index (χ2v) is 15.4. The molecule has 11 nitrogen and oxygen atoms in total. The Labute approximate surface area is 281 Å². The number of ketones is 1. The average Bonchev–Trinajstić information content (AvgIpc) is 3.29. The van der Waals surface area contributed by atoms with E-state index >= 15 is 0 Å². The Morgan fingerprint density at radius 2 is 1.68 bits per heavy atom. The van der Waals surface area contributed by atoms with Crippen LogP contribution in [-0.2, 0) is 43.0 Å². The smallest absolute Gasteiger partial charge is 0.311 e. The van der Waals surface area contributed by atoms with Crippen LogP contribution in [0.2, 0.25) is 0 Å².